The summed E-state index contributed by atoms with van der Waals surface area (Å²) in [5.41, 5.74) is 9.29. The molecule has 0 saturated carbocycles. The molecule has 6 heteroatoms. The molecule has 5 aromatic carbocycles. The Morgan fingerprint density at radius 1 is 0.688 bits per heavy atom. The van der Waals surface area contributed by atoms with Crippen molar-refractivity contribution in [1.82, 2.24) is 18.7 Å². The standard InChI is InChI=1S/C42H35N4S.Pt/c1-28(2)34-14-5-6-15-35(34)30-22-23-43-42(24-30)46-38-17-8-7-16-36(38)37-21-20-33(26-41(37)46)47-32-13-11-12-31(25-32)45-27-44(29(3)4)39-18-9-10-19-40(39)45;/h5-24,27-29H,1-4H3;/q-1;. The smallest absolute Gasteiger partial charge is 0.188 e. The number of para-hydroxylation sites is 3. The van der Waals surface area contributed by atoms with Gasteiger partial charge in [0.05, 0.1) is 6.04 Å². The summed E-state index contributed by atoms with van der Waals surface area (Å²) in [6.07, 6.45) is 4.11. The van der Waals surface area contributed by atoms with Gasteiger partial charge in [-0.25, -0.2) is 14.1 Å². The van der Waals surface area contributed by atoms with E-state index in [-0.39, 0.29) is 21.1 Å². The third kappa shape index (κ3) is 5.70. The van der Waals surface area contributed by atoms with E-state index in [0.717, 1.165) is 37.7 Å². The van der Waals surface area contributed by atoms with Crippen LogP contribution in [0.3, 0.4) is 0 Å². The van der Waals surface area contributed by atoms with Crippen LogP contribution in [0.4, 0.5) is 0 Å². The van der Waals surface area contributed by atoms with E-state index in [1.165, 1.54) is 33.1 Å². The van der Waals surface area contributed by atoms with Crippen LogP contribution in [-0.4, -0.2) is 18.7 Å². The van der Waals surface area contributed by atoms with E-state index in [0.29, 0.717) is 12.0 Å². The monoisotopic (exact) mass is 822 g/mol. The Hall–Kier alpha value is -4.44. The molecule has 0 atom stereocenters. The van der Waals surface area contributed by atoms with Gasteiger partial charge in [0.2, 0.25) is 0 Å². The first-order valence-corrected chi connectivity index (χ1v) is 17.0. The topological polar surface area (TPSA) is 27.7 Å². The van der Waals surface area contributed by atoms with Crippen molar-refractivity contribution in [3.63, 3.8) is 0 Å². The van der Waals surface area contributed by atoms with Gasteiger partial charge in [0.15, 0.2) is 17.4 Å². The summed E-state index contributed by atoms with van der Waals surface area (Å²) < 4.78 is 6.81. The Labute approximate surface area is 300 Å². The van der Waals surface area contributed by atoms with Crippen LogP contribution in [0.2, 0.25) is 0 Å². The van der Waals surface area contributed by atoms with E-state index in [9.17, 15) is 0 Å². The summed E-state index contributed by atoms with van der Waals surface area (Å²) in [5.74, 6) is 1.31. The van der Waals surface area contributed by atoms with Crippen molar-refractivity contribution in [3.05, 3.63) is 145 Å². The van der Waals surface area contributed by atoms with Gasteiger partial charge < -0.3 is 4.57 Å². The predicted molar refractivity (Wildman–Crippen MR) is 196 cm³/mol. The van der Waals surface area contributed by atoms with Gasteiger partial charge in [0.1, 0.15) is 5.82 Å². The first kappa shape index (κ1) is 32.1. The van der Waals surface area contributed by atoms with Crippen LogP contribution in [0.15, 0.2) is 138 Å². The minimum Gasteiger partial charge on any atom is -0.319 e. The van der Waals surface area contributed by atoms with E-state index in [4.69, 9.17) is 4.98 Å². The van der Waals surface area contributed by atoms with Gasteiger partial charge in [0.25, 0.3) is 0 Å². The van der Waals surface area contributed by atoms with Crippen molar-refractivity contribution in [3.8, 4) is 22.6 Å². The zero-order valence-corrected chi connectivity index (χ0v) is 30.4. The van der Waals surface area contributed by atoms with Crippen LogP contribution in [-0.2, 0) is 21.1 Å². The molecule has 0 amide bonds. The molecule has 48 heavy (non-hydrogen) atoms. The van der Waals surface area contributed by atoms with Gasteiger partial charge in [0, 0.05) is 50.6 Å². The maximum atomic E-state index is 4.91. The molecular formula is C42H35N4PtS-. The van der Waals surface area contributed by atoms with E-state index in [1.54, 1.807) is 11.8 Å². The molecule has 0 spiro atoms. The minimum absolute atomic E-state index is 0. The predicted octanol–water partition coefficient (Wildman–Crippen LogP) is 11.3. The molecule has 8 aromatic rings. The van der Waals surface area contributed by atoms with E-state index >= 15 is 0 Å². The molecule has 0 aliphatic carbocycles. The molecule has 240 valence electrons. The number of nitrogens with zero attached hydrogens (tertiary/aromatic N) is 4. The molecule has 3 aromatic heterocycles. The minimum atomic E-state index is 0. The molecule has 0 saturated heterocycles. The number of benzene rings is 5. The second kappa shape index (κ2) is 13.2. The van der Waals surface area contributed by atoms with E-state index in [1.807, 2.05) is 6.20 Å². The first-order valence-electron chi connectivity index (χ1n) is 16.2. The molecule has 0 N–H and O–H groups in total. The zero-order valence-electron chi connectivity index (χ0n) is 27.3. The first-order chi connectivity index (χ1) is 23.0. The maximum absolute atomic E-state index is 4.91. The van der Waals surface area contributed by atoms with Gasteiger partial charge in [-0.05, 0) is 72.2 Å². The molecule has 0 radical (unpaired) electrons. The summed E-state index contributed by atoms with van der Waals surface area (Å²) in [7, 11) is 0. The van der Waals surface area contributed by atoms with Crippen LogP contribution >= 0.6 is 11.8 Å². The van der Waals surface area contributed by atoms with Crippen LogP contribution in [0, 0.1) is 12.1 Å². The number of hydrogen-bond acceptors (Lipinski definition) is 2. The zero-order chi connectivity index (χ0) is 32.1. The van der Waals surface area contributed by atoms with Crippen LogP contribution in [0.5, 0.6) is 0 Å². The summed E-state index contributed by atoms with van der Waals surface area (Å²) in [6.45, 7) is 8.93. The van der Waals surface area contributed by atoms with E-state index in [2.05, 4.69) is 175 Å². The fourth-order valence-electron chi connectivity index (χ4n) is 6.64. The summed E-state index contributed by atoms with van der Waals surface area (Å²) in [4.78, 5) is 6.98. The summed E-state index contributed by atoms with van der Waals surface area (Å²) >= 11 is 1.68. The molecule has 3 heterocycles. The number of pyridine rings is 1. The summed E-state index contributed by atoms with van der Waals surface area (Å²) in [6, 6.07) is 48.7. The number of fused-ring (bicyclic) bond motifs is 4. The second-order valence-corrected chi connectivity index (χ2v) is 13.6. The number of hydrogen-bond donors (Lipinski definition) is 0. The average Bonchev–Trinajstić information content (AvgIpc) is 3.65. The quantitative estimate of drug-likeness (QED) is 0.150. The normalized spacial score (nSPS) is 11.6. The van der Waals surface area contributed by atoms with Crippen molar-refractivity contribution >= 4 is 44.6 Å². The third-order valence-electron chi connectivity index (χ3n) is 8.87. The molecule has 0 bridgehead atoms. The second-order valence-electron chi connectivity index (χ2n) is 12.6. The van der Waals surface area contributed by atoms with Crippen LogP contribution < -0.4 is 0 Å². The number of imidazole rings is 1. The molecule has 0 fully saturated rings. The van der Waals surface area contributed by atoms with Crippen molar-refractivity contribution in [2.75, 3.05) is 0 Å². The van der Waals surface area contributed by atoms with Crippen LogP contribution in [0.1, 0.15) is 45.2 Å². The fraction of sp³-hybridized carbons (Fsp3) is 0.143. The third-order valence-corrected chi connectivity index (χ3v) is 9.79. The van der Waals surface area contributed by atoms with Crippen molar-refractivity contribution in [1.29, 1.82) is 0 Å². The Morgan fingerprint density at radius 2 is 1.42 bits per heavy atom. The Balaban J connectivity index is 0.00000364. The fourth-order valence-corrected chi connectivity index (χ4v) is 7.46. The average molecular weight is 823 g/mol. The van der Waals surface area contributed by atoms with Crippen LogP contribution in [0.25, 0.3) is 55.5 Å². The molecule has 0 aliphatic heterocycles. The Kier molecular flexibility index (Phi) is 8.85. The van der Waals surface area contributed by atoms with Crippen molar-refractivity contribution < 1.29 is 21.1 Å². The summed E-state index contributed by atoms with van der Waals surface area (Å²) in [5, 5.41) is 2.35. The molecule has 0 unspecified atom stereocenters. The molecule has 0 aliphatic rings. The van der Waals surface area contributed by atoms with Gasteiger partial charge in [-0.1, -0.05) is 72.8 Å². The number of aromatic nitrogens is 4. The van der Waals surface area contributed by atoms with Crippen molar-refractivity contribution in [2.24, 2.45) is 0 Å². The van der Waals surface area contributed by atoms with Gasteiger partial charge in [-0.3, -0.25) is 0 Å². The van der Waals surface area contributed by atoms with Gasteiger partial charge in [-0.15, -0.1) is 34.2 Å². The SMILES string of the molecule is CC(C)c1ccccc1-c1ccnc(-n2c3[c-]c(Sc4[c-]c(-n5[cH+]n(C(C)C)c6ccccc65)ccc4)ccc3c3ccccc32)c1.[Pt]. The van der Waals surface area contributed by atoms with Gasteiger partial charge in [-0.2, -0.15) is 24.3 Å². The number of rotatable bonds is 7. The molecular weight excluding hydrogens is 788 g/mol. The maximum Gasteiger partial charge on any atom is 0.188 e. The molecule has 8 rings (SSSR count). The van der Waals surface area contributed by atoms with Crippen molar-refractivity contribution in [2.45, 2.75) is 49.4 Å². The Morgan fingerprint density at radius 3 is 2.23 bits per heavy atom. The van der Waals surface area contributed by atoms with Gasteiger partial charge >= 0.3 is 0 Å². The molecule has 4 nitrogen and oxygen atoms in total. The van der Waals surface area contributed by atoms with E-state index < -0.39 is 0 Å². The Bertz CT molecular complexity index is 2420. The largest absolute Gasteiger partial charge is 0.319 e.